The Kier molecular flexibility index (Phi) is 20.2. The predicted octanol–water partition coefficient (Wildman–Crippen LogP) is 6.68. The number of unbranched alkanes of at least 4 members (excludes halogenated alkanes) is 4. The third kappa shape index (κ3) is 13.9. The molecular formula is C33H59NO8. The number of esters is 4. The zero-order chi connectivity index (χ0) is 31.3. The van der Waals surface area contributed by atoms with Crippen molar-refractivity contribution in [1.29, 1.82) is 0 Å². The minimum Gasteiger partial charge on any atom is -0.464 e. The molecular weight excluding hydrogens is 538 g/mol. The van der Waals surface area contributed by atoms with E-state index in [4.69, 9.17) is 18.9 Å². The van der Waals surface area contributed by atoms with Gasteiger partial charge in [-0.25, -0.2) is 0 Å². The maximum absolute atomic E-state index is 13.0. The summed E-state index contributed by atoms with van der Waals surface area (Å²) in [5, 5.41) is 0. The summed E-state index contributed by atoms with van der Waals surface area (Å²) < 4.78 is 23.8. The highest BCUT2D eigenvalue weighted by atomic mass is 16.6. The first-order valence-electron chi connectivity index (χ1n) is 16.8. The first-order valence-corrected chi connectivity index (χ1v) is 16.8. The number of likely N-dealkylation sites (tertiary alicyclic amines) is 1. The van der Waals surface area contributed by atoms with Crippen molar-refractivity contribution in [2.45, 2.75) is 175 Å². The fourth-order valence-electron chi connectivity index (χ4n) is 5.52. The number of nitrogens with zero attached hydrogens (tertiary/aromatic N) is 1. The van der Waals surface area contributed by atoms with Crippen LogP contribution in [0.15, 0.2) is 0 Å². The van der Waals surface area contributed by atoms with Crippen LogP contribution >= 0.6 is 0 Å². The van der Waals surface area contributed by atoms with Crippen LogP contribution in [-0.2, 0) is 38.1 Å². The molecule has 1 rings (SSSR count). The molecule has 0 aromatic rings. The van der Waals surface area contributed by atoms with Crippen LogP contribution in [0.5, 0.6) is 0 Å². The van der Waals surface area contributed by atoms with Crippen LogP contribution in [0, 0.1) is 0 Å². The second-order valence-electron chi connectivity index (χ2n) is 11.5. The third-order valence-electron chi connectivity index (χ3n) is 7.69. The Morgan fingerprint density at radius 3 is 1.52 bits per heavy atom. The van der Waals surface area contributed by atoms with Crippen LogP contribution in [0.4, 0.5) is 0 Å². The summed E-state index contributed by atoms with van der Waals surface area (Å²) in [6.45, 7) is 12.2. The van der Waals surface area contributed by atoms with Crippen LogP contribution in [0.25, 0.3) is 0 Å². The van der Waals surface area contributed by atoms with Crippen LogP contribution in [0.2, 0.25) is 0 Å². The first kappa shape index (κ1) is 37.9. The molecule has 4 atom stereocenters. The van der Waals surface area contributed by atoms with Crippen molar-refractivity contribution in [2.24, 2.45) is 0 Å². The average Bonchev–Trinajstić information content (AvgIpc) is 2.94. The van der Waals surface area contributed by atoms with Gasteiger partial charge in [-0.1, -0.05) is 80.1 Å². The summed E-state index contributed by atoms with van der Waals surface area (Å²) >= 11 is 0. The van der Waals surface area contributed by atoms with E-state index in [0.29, 0.717) is 32.2 Å². The van der Waals surface area contributed by atoms with Gasteiger partial charge < -0.3 is 18.9 Å². The topological polar surface area (TPSA) is 108 Å². The van der Waals surface area contributed by atoms with E-state index in [1.54, 1.807) is 0 Å². The lowest BCUT2D eigenvalue weighted by Gasteiger charge is -2.49. The maximum atomic E-state index is 13.0. The van der Waals surface area contributed by atoms with Crippen LogP contribution in [0.1, 0.15) is 144 Å². The normalized spacial score (nSPS) is 20.7. The number of rotatable bonds is 22. The standard InChI is InChI=1S/C33H59NO8/c1-7-13-15-21-25(22-16-14-8-2)34-23-27(40-29(36)18-10-4)33(42-31(38)20-12-6)32(41-30(37)19-11-5)26(34)24-39-28(35)17-9-3/h25-27,32-33H,7-24H2,1-6H3/t26-,27+,32-,33-/m1/s1. The van der Waals surface area contributed by atoms with Crippen molar-refractivity contribution >= 4 is 23.9 Å². The quantitative estimate of drug-likeness (QED) is 0.0767. The monoisotopic (exact) mass is 597 g/mol. The zero-order valence-electron chi connectivity index (χ0n) is 27.3. The fraction of sp³-hybridized carbons (Fsp3) is 0.879. The van der Waals surface area contributed by atoms with Crippen molar-refractivity contribution in [1.82, 2.24) is 4.90 Å². The molecule has 1 fully saturated rings. The molecule has 9 nitrogen and oxygen atoms in total. The minimum atomic E-state index is -0.997. The summed E-state index contributed by atoms with van der Waals surface area (Å²) in [6.07, 6.45) is 8.88. The van der Waals surface area contributed by atoms with Crippen molar-refractivity contribution in [3.63, 3.8) is 0 Å². The van der Waals surface area contributed by atoms with Crippen molar-refractivity contribution in [3.05, 3.63) is 0 Å². The molecule has 244 valence electrons. The van der Waals surface area contributed by atoms with E-state index < -0.39 is 36.3 Å². The molecule has 0 aromatic carbocycles. The zero-order valence-corrected chi connectivity index (χ0v) is 27.3. The lowest BCUT2D eigenvalue weighted by atomic mass is 9.89. The minimum absolute atomic E-state index is 0.00157. The van der Waals surface area contributed by atoms with Gasteiger partial charge in [0.15, 0.2) is 18.3 Å². The second kappa shape index (κ2) is 22.4. The average molecular weight is 598 g/mol. The van der Waals surface area contributed by atoms with Gasteiger partial charge in [0.2, 0.25) is 0 Å². The molecule has 42 heavy (non-hydrogen) atoms. The van der Waals surface area contributed by atoms with Gasteiger partial charge in [-0.15, -0.1) is 0 Å². The van der Waals surface area contributed by atoms with E-state index in [1.165, 1.54) is 0 Å². The Hall–Kier alpha value is -2.16. The van der Waals surface area contributed by atoms with Crippen LogP contribution < -0.4 is 0 Å². The molecule has 1 aliphatic rings. The number of hydrogen-bond donors (Lipinski definition) is 0. The van der Waals surface area contributed by atoms with Gasteiger partial charge in [0.1, 0.15) is 6.61 Å². The molecule has 0 saturated carbocycles. The Morgan fingerprint density at radius 1 is 0.595 bits per heavy atom. The van der Waals surface area contributed by atoms with Crippen molar-refractivity contribution in [2.75, 3.05) is 13.2 Å². The Balaban J connectivity index is 3.63. The molecule has 0 aliphatic carbocycles. The van der Waals surface area contributed by atoms with Gasteiger partial charge >= 0.3 is 23.9 Å². The van der Waals surface area contributed by atoms with E-state index in [9.17, 15) is 19.2 Å². The van der Waals surface area contributed by atoms with Gasteiger partial charge in [0, 0.05) is 38.3 Å². The Morgan fingerprint density at radius 2 is 1.05 bits per heavy atom. The summed E-state index contributed by atoms with van der Waals surface area (Å²) in [5.41, 5.74) is 0. The number of hydrogen-bond acceptors (Lipinski definition) is 9. The highest BCUT2D eigenvalue weighted by molar-refractivity contribution is 5.72. The van der Waals surface area contributed by atoms with E-state index in [2.05, 4.69) is 18.7 Å². The third-order valence-corrected chi connectivity index (χ3v) is 7.69. The smallest absolute Gasteiger partial charge is 0.306 e. The SMILES string of the molecule is CCCCCC(CCCCC)N1C[C@H](OC(=O)CCC)[C@@H](OC(=O)CCC)[C@H](OC(=O)CCC)[C@H]1COC(=O)CCC. The van der Waals surface area contributed by atoms with Gasteiger partial charge in [-0.05, 0) is 38.5 Å². The van der Waals surface area contributed by atoms with E-state index in [-0.39, 0.29) is 50.3 Å². The molecule has 1 aliphatic heterocycles. The highest BCUT2D eigenvalue weighted by Gasteiger charge is 2.51. The molecule has 0 N–H and O–H groups in total. The molecule has 0 bridgehead atoms. The molecule has 1 saturated heterocycles. The predicted molar refractivity (Wildman–Crippen MR) is 163 cm³/mol. The fourth-order valence-corrected chi connectivity index (χ4v) is 5.52. The lowest BCUT2D eigenvalue weighted by molar-refractivity contribution is -0.214. The van der Waals surface area contributed by atoms with Crippen molar-refractivity contribution < 1.29 is 38.1 Å². The second-order valence-corrected chi connectivity index (χ2v) is 11.5. The number of carbonyl (C=O) groups is 4. The Labute approximate surface area is 254 Å². The number of ether oxygens (including phenoxy) is 4. The van der Waals surface area contributed by atoms with E-state index in [0.717, 1.165) is 51.4 Å². The van der Waals surface area contributed by atoms with Gasteiger partial charge in [0.25, 0.3) is 0 Å². The van der Waals surface area contributed by atoms with E-state index in [1.807, 2.05) is 27.7 Å². The van der Waals surface area contributed by atoms with E-state index >= 15 is 0 Å². The van der Waals surface area contributed by atoms with Gasteiger partial charge in [-0.2, -0.15) is 0 Å². The summed E-state index contributed by atoms with van der Waals surface area (Å²) in [7, 11) is 0. The van der Waals surface area contributed by atoms with Crippen LogP contribution in [-0.4, -0.2) is 72.3 Å². The highest BCUT2D eigenvalue weighted by Crippen LogP contribution is 2.32. The molecule has 0 unspecified atom stereocenters. The molecule has 0 amide bonds. The molecule has 9 heteroatoms. The van der Waals surface area contributed by atoms with Crippen LogP contribution in [0.3, 0.4) is 0 Å². The number of carbonyl (C=O) groups excluding carboxylic acids is 4. The molecule has 1 heterocycles. The molecule has 0 aromatic heterocycles. The lowest BCUT2D eigenvalue weighted by Crippen LogP contribution is -2.67. The largest absolute Gasteiger partial charge is 0.464 e. The van der Waals surface area contributed by atoms with Crippen molar-refractivity contribution in [3.8, 4) is 0 Å². The Bertz CT molecular complexity index is 778. The number of piperidine rings is 1. The maximum Gasteiger partial charge on any atom is 0.306 e. The summed E-state index contributed by atoms with van der Waals surface area (Å²) in [6, 6.07) is -0.439. The van der Waals surface area contributed by atoms with Gasteiger partial charge in [-0.3, -0.25) is 24.1 Å². The van der Waals surface area contributed by atoms with Gasteiger partial charge in [0.05, 0.1) is 6.04 Å². The first-order chi connectivity index (χ1) is 20.3. The molecule has 0 spiro atoms. The summed E-state index contributed by atoms with van der Waals surface area (Å²) in [5.74, 6) is -1.55. The summed E-state index contributed by atoms with van der Waals surface area (Å²) in [4.78, 5) is 53.4. The molecule has 0 radical (unpaired) electrons.